The van der Waals surface area contributed by atoms with Crippen molar-refractivity contribution in [2.75, 3.05) is 19.6 Å². The molecule has 2 fully saturated rings. The molecule has 158 valence electrons. The molecule has 0 atom stereocenters. The van der Waals surface area contributed by atoms with Crippen LogP contribution in [0.4, 0.5) is 4.39 Å². The van der Waals surface area contributed by atoms with Crippen LogP contribution in [0.5, 0.6) is 0 Å². The van der Waals surface area contributed by atoms with Crippen LogP contribution in [0.15, 0.2) is 22.7 Å². The van der Waals surface area contributed by atoms with E-state index in [9.17, 15) is 12.8 Å². The Kier molecular flexibility index (Phi) is 7.89. The number of rotatable bonds is 7. The smallest absolute Gasteiger partial charge is 0.274 e. The summed E-state index contributed by atoms with van der Waals surface area (Å²) in [5.74, 6) is 1.14. The first-order chi connectivity index (χ1) is 13.3. The Bertz CT molecular complexity index is 746. The largest absolute Gasteiger partial charge is 0.303 e. The van der Waals surface area contributed by atoms with E-state index in [0.717, 1.165) is 74.6 Å². The van der Waals surface area contributed by atoms with Gasteiger partial charge in [-0.25, -0.2) is 9.53 Å². The van der Waals surface area contributed by atoms with Crippen LogP contribution in [0.25, 0.3) is 0 Å². The van der Waals surface area contributed by atoms with Gasteiger partial charge in [0.25, 0.3) is 10.2 Å². The van der Waals surface area contributed by atoms with Gasteiger partial charge < -0.3 is 4.90 Å². The van der Waals surface area contributed by atoms with Crippen LogP contribution < -0.4 is 9.86 Å². The summed E-state index contributed by atoms with van der Waals surface area (Å²) in [7, 11) is -3.59. The van der Waals surface area contributed by atoms with Crippen LogP contribution in [-0.4, -0.2) is 39.0 Å². The molecule has 1 saturated heterocycles. The van der Waals surface area contributed by atoms with Crippen molar-refractivity contribution in [3.63, 3.8) is 0 Å². The molecule has 0 amide bonds. The summed E-state index contributed by atoms with van der Waals surface area (Å²) < 4.78 is 39.3. The van der Waals surface area contributed by atoms with E-state index >= 15 is 0 Å². The Balaban J connectivity index is 1.34. The van der Waals surface area contributed by atoms with E-state index in [0.29, 0.717) is 11.8 Å². The Labute approximate surface area is 176 Å². The van der Waals surface area contributed by atoms with Crippen molar-refractivity contribution < 1.29 is 12.8 Å². The highest BCUT2D eigenvalue weighted by molar-refractivity contribution is 9.10. The number of nitrogens with zero attached hydrogens (tertiary/aromatic N) is 1. The predicted octanol–water partition coefficient (Wildman–Crippen LogP) is 3.58. The SMILES string of the molecule is NS(=O)(=O)N[C@H]1CC[C@H](CCN2CCC(Cc3cc(F)ccc3Br)CC2)CC1. The van der Waals surface area contributed by atoms with E-state index in [-0.39, 0.29) is 11.9 Å². The molecule has 3 rings (SSSR count). The van der Waals surface area contributed by atoms with Gasteiger partial charge in [0.15, 0.2) is 0 Å². The predicted molar refractivity (Wildman–Crippen MR) is 114 cm³/mol. The summed E-state index contributed by atoms with van der Waals surface area (Å²) in [6.07, 6.45) is 8.34. The van der Waals surface area contributed by atoms with Crippen molar-refractivity contribution in [3.8, 4) is 0 Å². The van der Waals surface area contributed by atoms with Crippen LogP contribution in [0.2, 0.25) is 0 Å². The van der Waals surface area contributed by atoms with E-state index < -0.39 is 10.2 Å². The van der Waals surface area contributed by atoms with Gasteiger partial charge in [-0.2, -0.15) is 13.1 Å². The van der Waals surface area contributed by atoms with Gasteiger partial charge in [0.1, 0.15) is 5.82 Å². The fourth-order valence-electron chi connectivity index (χ4n) is 4.59. The lowest BCUT2D eigenvalue weighted by molar-refractivity contribution is 0.164. The molecule has 0 bridgehead atoms. The molecular weight excluding hydrogens is 445 g/mol. The van der Waals surface area contributed by atoms with Crippen molar-refractivity contribution in [1.82, 2.24) is 9.62 Å². The van der Waals surface area contributed by atoms with Crippen LogP contribution >= 0.6 is 15.9 Å². The van der Waals surface area contributed by atoms with E-state index in [1.54, 1.807) is 12.1 Å². The van der Waals surface area contributed by atoms with E-state index in [1.165, 1.54) is 12.5 Å². The number of halogens is 2. The standard InChI is InChI=1S/C20H31BrFN3O2S/c21-20-6-3-18(22)14-17(20)13-16-8-11-25(12-9-16)10-7-15-1-4-19(5-2-15)24-28(23,26)27/h3,6,14-16,19,24H,1-2,4-5,7-13H2,(H2,23,26,27)/t15-,19-. The Morgan fingerprint density at radius 1 is 1.11 bits per heavy atom. The van der Waals surface area contributed by atoms with Gasteiger partial charge in [-0.15, -0.1) is 0 Å². The maximum atomic E-state index is 13.5. The average molecular weight is 476 g/mol. The number of nitrogens with two attached hydrogens (primary N) is 1. The molecule has 1 aromatic carbocycles. The second-order valence-corrected chi connectivity index (χ2v) is 10.6. The Hall–Kier alpha value is -0.540. The van der Waals surface area contributed by atoms with Crippen molar-refractivity contribution in [2.24, 2.45) is 17.0 Å². The second-order valence-electron chi connectivity index (χ2n) is 8.39. The zero-order valence-electron chi connectivity index (χ0n) is 16.2. The van der Waals surface area contributed by atoms with Gasteiger partial charge in [-0.3, -0.25) is 0 Å². The molecule has 1 aromatic rings. The number of nitrogens with one attached hydrogen (secondary N) is 1. The molecule has 8 heteroatoms. The minimum absolute atomic E-state index is 0.00384. The lowest BCUT2D eigenvalue weighted by atomic mass is 9.84. The van der Waals surface area contributed by atoms with E-state index in [4.69, 9.17) is 5.14 Å². The molecule has 0 aromatic heterocycles. The third kappa shape index (κ3) is 7.06. The Morgan fingerprint density at radius 2 is 1.79 bits per heavy atom. The molecule has 0 unspecified atom stereocenters. The van der Waals surface area contributed by atoms with Crippen molar-refractivity contribution in [1.29, 1.82) is 0 Å². The molecule has 1 aliphatic heterocycles. The van der Waals surface area contributed by atoms with Crippen LogP contribution in [0, 0.1) is 17.7 Å². The zero-order chi connectivity index (χ0) is 20.1. The maximum Gasteiger partial charge on any atom is 0.274 e. The van der Waals surface area contributed by atoms with Crippen molar-refractivity contribution in [2.45, 2.75) is 57.4 Å². The zero-order valence-corrected chi connectivity index (χ0v) is 18.7. The third-order valence-corrected chi connectivity index (χ3v) is 7.69. The first-order valence-corrected chi connectivity index (χ1v) is 12.6. The van der Waals surface area contributed by atoms with Gasteiger partial charge in [0.2, 0.25) is 0 Å². The summed E-state index contributed by atoms with van der Waals surface area (Å²) in [5.41, 5.74) is 1.07. The lowest BCUT2D eigenvalue weighted by Crippen LogP contribution is -2.41. The monoisotopic (exact) mass is 475 g/mol. The third-order valence-electron chi connectivity index (χ3n) is 6.25. The maximum absolute atomic E-state index is 13.5. The minimum Gasteiger partial charge on any atom is -0.303 e. The fourth-order valence-corrected chi connectivity index (χ4v) is 5.70. The number of hydrogen-bond acceptors (Lipinski definition) is 3. The fraction of sp³-hybridized carbons (Fsp3) is 0.700. The molecule has 28 heavy (non-hydrogen) atoms. The minimum atomic E-state index is -3.59. The summed E-state index contributed by atoms with van der Waals surface area (Å²) in [6, 6.07) is 4.95. The molecule has 1 heterocycles. The molecule has 3 N–H and O–H groups in total. The summed E-state index contributed by atoms with van der Waals surface area (Å²) in [4.78, 5) is 2.55. The summed E-state index contributed by atoms with van der Waals surface area (Å²) in [6.45, 7) is 3.34. The summed E-state index contributed by atoms with van der Waals surface area (Å²) >= 11 is 3.54. The van der Waals surface area contributed by atoms with Crippen LogP contribution in [0.1, 0.15) is 50.5 Å². The Morgan fingerprint density at radius 3 is 2.43 bits per heavy atom. The number of benzene rings is 1. The number of likely N-dealkylation sites (tertiary alicyclic amines) is 1. The van der Waals surface area contributed by atoms with Gasteiger partial charge in [-0.05, 0) is 107 Å². The molecule has 1 saturated carbocycles. The van der Waals surface area contributed by atoms with Gasteiger partial charge in [0, 0.05) is 10.5 Å². The van der Waals surface area contributed by atoms with Crippen molar-refractivity contribution >= 4 is 26.1 Å². The first-order valence-electron chi connectivity index (χ1n) is 10.2. The molecule has 5 nitrogen and oxygen atoms in total. The lowest BCUT2D eigenvalue weighted by Gasteiger charge is -2.34. The van der Waals surface area contributed by atoms with E-state index in [2.05, 4.69) is 25.6 Å². The highest BCUT2D eigenvalue weighted by Gasteiger charge is 2.25. The number of piperidine rings is 1. The molecule has 0 radical (unpaired) electrons. The van der Waals surface area contributed by atoms with Gasteiger partial charge in [-0.1, -0.05) is 15.9 Å². The van der Waals surface area contributed by atoms with Crippen LogP contribution in [-0.2, 0) is 16.6 Å². The quantitative estimate of drug-likeness (QED) is 0.632. The number of hydrogen-bond donors (Lipinski definition) is 2. The molecular formula is C20H31BrFN3O2S. The second kappa shape index (κ2) is 9.98. The van der Waals surface area contributed by atoms with E-state index in [1.807, 2.05) is 0 Å². The average Bonchev–Trinajstić information content (AvgIpc) is 2.64. The van der Waals surface area contributed by atoms with Gasteiger partial charge >= 0.3 is 0 Å². The first kappa shape index (κ1) is 22.2. The molecule has 0 spiro atoms. The highest BCUT2D eigenvalue weighted by atomic mass is 79.9. The van der Waals surface area contributed by atoms with Crippen LogP contribution in [0.3, 0.4) is 0 Å². The van der Waals surface area contributed by atoms with Crippen molar-refractivity contribution in [3.05, 3.63) is 34.1 Å². The normalized spacial score (nSPS) is 25.1. The molecule has 2 aliphatic rings. The van der Waals surface area contributed by atoms with Gasteiger partial charge in [0.05, 0.1) is 0 Å². The molecule has 1 aliphatic carbocycles. The summed E-state index contributed by atoms with van der Waals surface area (Å²) in [5, 5.41) is 5.07. The highest BCUT2D eigenvalue weighted by Crippen LogP contribution is 2.29. The topological polar surface area (TPSA) is 75.4 Å².